The molecule has 6 nitrogen and oxygen atoms in total. The van der Waals surface area contributed by atoms with Gasteiger partial charge in [-0.05, 0) is 6.92 Å². The van der Waals surface area contributed by atoms with E-state index >= 15 is 0 Å². The van der Waals surface area contributed by atoms with Gasteiger partial charge in [0.25, 0.3) is 5.56 Å². The molecule has 0 saturated heterocycles. The Balaban J connectivity index is 3.15. The number of hydrogen-bond donors (Lipinski definition) is 0. The third kappa shape index (κ3) is 1.25. The van der Waals surface area contributed by atoms with Crippen molar-refractivity contribution in [1.82, 2.24) is 19.1 Å². The minimum Gasteiger partial charge on any atom is -0.279 e. The lowest BCUT2D eigenvalue weighted by Crippen LogP contribution is -2.37. The molecule has 6 heteroatoms. The molecule has 0 aliphatic carbocycles. The van der Waals surface area contributed by atoms with Crippen LogP contribution in [0.2, 0.25) is 0 Å². The molecule has 0 N–H and O–H groups in total. The minimum absolute atomic E-state index is 0.213. The number of rotatable bonds is 0. The van der Waals surface area contributed by atoms with Crippen molar-refractivity contribution in [3.05, 3.63) is 32.7 Å². The van der Waals surface area contributed by atoms with E-state index < -0.39 is 11.2 Å². The van der Waals surface area contributed by atoms with Gasteiger partial charge < -0.3 is 0 Å². The maximum absolute atomic E-state index is 11.7. The van der Waals surface area contributed by atoms with Crippen LogP contribution in [0.25, 0.3) is 11.2 Å². The summed E-state index contributed by atoms with van der Waals surface area (Å²) in [6.45, 7) is 1.76. The number of hydrogen-bond acceptors (Lipinski definition) is 4. The van der Waals surface area contributed by atoms with E-state index in [1.807, 2.05) is 0 Å². The molecule has 0 aromatic carbocycles. The summed E-state index contributed by atoms with van der Waals surface area (Å²) in [5.41, 5.74) is 0.395. The first kappa shape index (κ1) is 9.57. The van der Waals surface area contributed by atoms with E-state index in [1.54, 1.807) is 14.0 Å². The second-order valence-corrected chi connectivity index (χ2v) is 3.39. The van der Waals surface area contributed by atoms with Crippen LogP contribution in [-0.2, 0) is 14.1 Å². The molecule has 2 aromatic heterocycles. The van der Waals surface area contributed by atoms with Crippen molar-refractivity contribution in [2.75, 3.05) is 0 Å². The van der Waals surface area contributed by atoms with Crippen LogP contribution in [0.4, 0.5) is 0 Å². The van der Waals surface area contributed by atoms with Crippen LogP contribution >= 0.6 is 0 Å². The summed E-state index contributed by atoms with van der Waals surface area (Å²) in [5, 5.41) is 0. The number of fused-ring (bicyclic) bond motifs is 1. The van der Waals surface area contributed by atoms with Gasteiger partial charge in [-0.25, -0.2) is 14.8 Å². The monoisotopic (exact) mass is 206 g/mol. The number of aryl methyl sites for hydroxylation is 2. The molecule has 0 fully saturated rings. The van der Waals surface area contributed by atoms with Gasteiger partial charge in [-0.15, -0.1) is 0 Å². The van der Waals surface area contributed by atoms with Crippen LogP contribution in [0.1, 0.15) is 5.69 Å². The van der Waals surface area contributed by atoms with Gasteiger partial charge in [0.1, 0.15) is 0 Å². The Morgan fingerprint density at radius 2 is 1.87 bits per heavy atom. The molecule has 0 unspecified atom stereocenters. The predicted molar refractivity (Wildman–Crippen MR) is 54.8 cm³/mol. The topological polar surface area (TPSA) is 69.8 Å². The quantitative estimate of drug-likeness (QED) is 0.573. The Kier molecular flexibility index (Phi) is 1.92. The summed E-state index contributed by atoms with van der Waals surface area (Å²) in [6, 6.07) is 0. The third-order valence-electron chi connectivity index (χ3n) is 2.27. The van der Waals surface area contributed by atoms with Crippen molar-refractivity contribution in [3.8, 4) is 0 Å². The van der Waals surface area contributed by atoms with E-state index in [-0.39, 0.29) is 5.52 Å². The predicted octanol–water partition coefficient (Wildman–Crippen LogP) is -0.664. The first-order valence-electron chi connectivity index (χ1n) is 4.41. The normalized spacial score (nSPS) is 10.9. The van der Waals surface area contributed by atoms with Gasteiger partial charge in [-0.1, -0.05) is 0 Å². The maximum atomic E-state index is 11.7. The second kappa shape index (κ2) is 3.01. The highest BCUT2D eigenvalue weighted by Gasteiger charge is 2.09. The van der Waals surface area contributed by atoms with E-state index in [2.05, 4.69) is 9.97 Å². The first-order valence-corrected chi connectivity index (χ1v) is 4.41. The summed E-state index contributed by atoms with van der Waals surface area (Å²) in [5.74, 6) is 0. The van der Waals surface area contributed by atoms with Crippen LogP contribution in [0.5, 0.6) is 0 Å². The minimum atomic E-state index is -0.416. The lowest BCUT2D eigenvalue weighted by molar-refractivity contribution is 0.703. The molecular weight excluding hydrogens is 196 g/mol. The SMILES string of the molecule is Cc1cnc2c(=O)n(C)c(=O)n(C)c2n1. The lowest BCUT2D eigenvalue weighted by Gasteiger charge is -2.05. The second-order valence-electron chi connectivity index (χ2n) is 3.39. The van der Waals surface area contributed by atoms with Crippen LogP contribution in [-0.4, -0.2) is 19.1 Å². The average molecular weight is 206 g/mol. The molecule has 0 atom stereocenters. The zero-order valence-electron chi connectivity index (χ0n) is 8.68. The molecule has 2 aromatic rings. The molecule has 0 bridgehead atoms. The standard InChI is InChI=1S/C9H10N4O2/c1-5-4-10-6-7(11-5)12(2)9(15)13(3)8(6)14/h4H,1-3H3. The fourth-order valence-electron chi connectivity index (χ4n) is 1.41. The molecule has 0 aliphatic rings. The van der Waals surface area contributed by atoms with Gasteiger partial charge in [-0.3, -0.25) is 13.9 Å². The van der Waals surface area contributed by atoms with Gasteiger partial charge in [0, 0.05) is 20.3 Å². The summed E-state index contributed by atoms with van der Waals surface area (Å²) < 4.78 is 2.34. The van der Waals surface area contributed by atoms with E-state index in [4.69, 9.17) is 0 Å². The molecule has 15 heavy (non-hydrogen) atoms. The molecule has 2 heterocycles. The number of aromatic nitrogens is 4. The molecule has 0 saturated carbocycles. The third-order valence-corrected chi connectivity index (χ3v) is 2.27. The van der Waals surface area contributed by atoms with Gasteiger partial charge in [0.2, 0.25) is 0 Å². The summed E-state index contributed by atoms with van der Waals surface area (Å²) in [7, 11) is 2.99. The summed E-state index contributed by atoms with van der Waals surface area (Å²) in [4.78, 5) is 31.3. The Bertz CT molecular complexity index is 653. The molecule has 0 spiro atoms. The van der Waals surface area contributed by atoms with Gasteiger partial charge in [-0.2, -0.15) is 0 Å². The van der Waals surface area contributed by atoms with Gasteiger partial charge in [0.05, 0.1) is 5.69 Å². The number of nitrogens with zero attached hydrogens (tertiary/aromatic N) is 4. The lowest BCUT2D eigenvalue weighted by atomic mass is 10.4. The average Bonchev–Trinajstić information content (AvgIpc) is 2.23. The zero-order chi connectivity index (χ0) is 11.2. The molecule has 78 valence electrons. The Morgan fingerprint density at radius 1 is 1.20 bits per heavy atom. The smallest absolute Gasteiger partial charge is 0.279 e. The highest BCUT2D eigenvalue weighted by Crippen LogP contribution is 2.00. The molecule has 0 radical (unpaired) electrons. The van der Waals surface area contributed by atoms with Crippen molar-refractivity contribution >= 4 is 11.2 Å². The zero-order valence-corrected chi connectivity index (χ0v) is 8.68. The van der Waals surface area contributed by atoms with Crippen LogP contribution in [0.15, 0.2) is 15.8 Å². The van der Waals surface area contributed by atoms with Crippen molar-refractivity contribution in [2.24, 2.45) is 14.1 Å². The molecule has 0 amide bonds. The highest BCUT2D eigenvalue weighted by molar-refractivity contribution is 5.68. The molecular formula is C9H10N4O2. The van der Waals surface area contributed by atoms with Crippen LogP contribution < -0.4 is 11.2 Å². The maximum Gasteiger partial charge on any atom is 0.332 e. The van der Waals surface area contributed by atoms with Gasteiger partial charge >= 0.3 is 5.69 Å². The summed E-state index contributed by atoms with van der Waals surface area (Å²) >= 11 is 0. The van der Waals surface area contributed by atoms with Crippen molar-refractivity contribution in [3.63, 3.8) is 0 Å². The summed E-state index contributed by atoms with van der Waals surface area (Å²) in [6.07, 6.45) is 1.51. The Hall–Kier alpha value is -1.98. The van der Waals surface area contributed by atoms with Crippen LogP contribution in [0, 0.1) is 6.92 Å². The van der Waals surface area contributed by atoms with Crippen molar-refractivity contribution in [2.45, 2.75) is 6.92 Å². The fraction of sp³-hybridized carbons (Fsp3) is 0.333. The van der Waals surface area contributed by atoms with Gasteiger partial charge in [0.15, 0.2) is 11.2 Å². The fourth-order valence-corrected chi connectivity index (χ4v) is 1.41. The van der Waals surface area contributed by atoms with E-state index in [0.717, 1.165) is 4.57 Å². The highest BCUT2D eigenvalue weighted by atomic mass is 16.2. The largest absolute Gasteiger partial charge is 0.332 e. The van der Waals surface area contributed by atoms with Crippen molar-refractivity contribution < 1.29 is 0 Å². The molecule has 2 rings (SSSR count). The van der Waals surface area contributed by atoms with E-state index in [9.17, 15) is 9.59 Å². The Morgan fingerprint density at radius 3 is 2.53 bits per heavy atom. The molecule has 0 aliphatic heterocycles. The first-order chi connectivity index (χ1) is 7.02. The van der Waals surface area contributed by atoms with Crippen LogP contribution in [0.3, 0.4) is 0 Å². The van der Waals surface area contributed by atoms with E-state index in [0.29, 0.717) is 11.3 Å². The van der Waals surface area contributed by atoms with Crippen molar-refractivity contribution in [1.29, 1.82) is 0 Å². The van der Waals surface area contributed by atoms with E-state index in [1.165, 1.54) is 17.8 Å². The Labute approximate surface area is 84.8 Å².